The molecule has 95 valence electrons. The molecule has 3 rings (SSSR count). The van der Waals surface area contributed by atoms with E-state index in [4.69, 9.17) is 4.74 Å². The van der Waals surface area contributed by atoms with E-state index < -0.39 is 0 Å². The molecule has 1 saturated heterocycles. The molecule has 1 atom stereocenters. The highest BCUT2D eigenvalue weighted by atomic mass is 79.9. The summed E-state index contributed by atoms with van der Waals surface area (Å²) >= 11 is 5.44. The Bertz CT molecular complexity index is 445. The molecule has 0 amide bonds. The number of allylic oxidation sites excluding steroid dienone is 1. The first-order valence-electron chi connectivity index (χ1n) is 6.13. The van der Waals surface area contributed by atoms with E-state index in [1.54, 1.807) is 11.8 Å². The number of thioether (sulfide) groups is 1. The minimum Gasteiger partial charge on any atom is -0.378 e. The molecule has 2 aliphatic rings. The number of benzene rings is 1. The molecular formula is C14H15BrNOS. The second-order valence-corrected chi connectivity index (χ2v) is 6.71. The summed E-state index contributed by atoms with van der Waals surface area (Å²) in [6.07, 6.45) is 2.26. The van der Waals surface area contributed by atoms with E-state index in [0.717, 1.165) is 26.3 Å². The summed E-state index contributed by atoms with van der Waals surface area (Å²) in [6.45, 7) is 3.62. The Hall–Kier alpha value is -0.450. The van der Waals surface area contributed by atoms with Gasteiger partial charge in [0, 0.05) is 24.7 Å². The SMILES string of the molecule is Br[C]1SC=CC1c1ccccc1N1CCOCC1. The summed E-state index contributed by atoms with van der Waals surface area (Å²) in [5.74, 6) is 0.383. The second kappa shape index (κ2) is 5.68. The van der Waals surface area contributed by atoms with Crippen LogP contribution in [0, 0.1) is 4.16 Å². The summed E-state index contributed by atoms with van der Waals surface area (Å²) < 4.78 is 6.71. The number of morpholine rings is 1. The third kappa shape index (κ3) is 2.46. The highest BCUT2D eigenvalue weighted by Crippen LogP contribution is 2.49. The van der Waals surface area contributed by atoms with Gasteiger partial charge in [0.25, 0.3) is 0 Å². The predicted octanol–water partition coefficient (Wildman–Crippen LogP) is 3.75. The monoisotopic (exact) mass is 324 g/mol. The lowest BCUT2D eigenvalue weighted by molar-refractivity contribution is 0.122. The van der Waals surface area contributed by atoms with Crippen molar-refractivity contribution in [1.82, 2.24) is 0 Å². The van der Waals surface area contributed by atoms with Crippen LogP contribution in [0.3, 0.4) is 0 Å². The molecule has 1 radical (unpaired) electrons. The van der Waals surface area contributed by atoms with Gasteiger partial charge in [-0.1, -0.05) is 40.2 Å². The highest BCUT2D eigenvalue weighted by Gasteiger charge is 2.27. The number of hydrogen-bond acceptors (Lipinski definition) is 3. The maximum absolute atomic E-state index is 5.43. The maximum atomic E-state index is 5.43. The number of ether oxygens (including phenoxy) is 1. The predicted molar refractivity (Wildman–Crippen MR) is 81.1 cm³/mol. The molecule has 0 aromatic heterocycles. The smallest absolute Gasteiger partial charge is 0.111 e. The average Bonchev–Trinajstić information content (AvgIpc) is 2.86. The van der Waals surface area contributed by atoms with Crippen LogP contribution in [0.2, 0.25) is 0 Å². The Morgan fingerprint density at radius 1 is 1.22 bits per heavy atom. The van der Waals surface area contributed by atoms with E-state index in [1.165, 1.54) is 15.4 Å². The van der Waals surface area contributed by atoms with Crippen molar-refractivity contribution in [3.63, 3.8) is 0 Å². The van der Waals surface area contributed by atoms with Crippen LogP contribution in [-0.2, 0) is 4.74 Å². The minimum absolute atomic E-state index is 0.383. The number of halogens is 1. The summed E-state index contributed by atoms with van der Waals surface area (Å²) in [5, 5.41) is 2.16. The van der Waals surface area contributed by atoms with Gasteiger partial charge in [-0.3, -0.25) is 0 Å². The van der Waals surface area contributed by atoms with Crippen molar-refractivity contribution in [3.05, 3.63) is 45.5 Å². The molecule has 4 heteroatoms. The lowest BCUT2D eigenvalue weighted by Crippen LogP contribution is -2.36. The lowest BCUT2D eigenvalue weighted by atomic mass is 9.98. The van der Waals surface area contributed by atoms with Crippen molar-refractivity contribution in [2.75, 3.05) is 31.2 Å². The van der Waals surface area contributed by atoms with E-state index in [2.05, 4.69) is 56.6 Å². The quantitative estimate of drug-likeness (QED) is 0.822. The molecular weight excluding hydrogens is 310 g/mol. The molecule has 1 unspecified atom stereocenters. The molecule has 1 aromatic rings. The van der Waals surface area contributed by atoms with Crippen LogP contribution in [0.5, 0.6) is 0 Å². The van der Waals surface area contributed by atoms with Gasteiger partial charge in [0.15, 0.2) is 0 Å². The van der Waals surface area contributed by atoms with Crippen LogP contribution in [0.1, 0.15) is 11.5 Å². The zero-order valence-corrected chi connectivity index (χ0v) is 12.4. The van der Waals surface area contributed by atoms with Crippen molar-refractivity contribution in [2.24, 2.45) is 0 Å². The van der Waals surface area contributed by atoms with Gasteiger partial charge in [-0.15, -0.1) is 11.8 Å². The zero-order valence-electron chi connectivity index (χ0n) is 10.0. The van der Waals surface area contributed by atoms with E-state index >= 15 is 0 Å². The fourth-order valence-electron chi connectivity index (χ4n) is 2.40. The van der Waals surface area contributed by atoms with Gasteiger partial charge < -0.3 is 9.64 Å². The molecule has 0 aliphatic carbocycles. The Morgan fingerprint density at radius 2 is 2.00 bits per heavy atom. The third-order valence-corrected chi connectivity index (χ3v) is 5.15. The van der Waals surface area contributed by atoms with Gasteiger partial charge in [0.2, 0.25) is 0 Å². The van der Waals surface area contributed by atoms with E-state index in [1.807, 2.05) is 0 Å². The van der Waals surface area contributed by atoms with E-state index in [0.29, 0.717) is 5.92 Å². The van der Waals surface area contributed by atoms with Gasteiger partial charge in [-0.05, 0) is 17.0 Å². The third-order valence-electron chi connectivity index (χ3n) is 3.32. The van der Waals surface area contributed by atoms with Gasteiger partial charge in [0.1, 0.15) is 4.16 Å². The Labute approximate surface area is 121 Å². The second-order valence-electron chi connectivity index (χ2n) is 4.39. The summed E-state index contributed by atoms with van der Waals surface area (Å²) in [5.41, 5.74) is 2.72. The Morgan fingerprint density at radius 3 is 2.72 bits per heavy atom. The number of nitrogens with zero attached hydrogens (tertiary/aromatic N) is 1. The topological polar surface area (TPSA) is 12.5 Å². The van der Waals surface area contributed by atoms with Crippen molar-refractivity contribution in [1.29, 1.82) is 0 Å². The molecule has 2 aliphatic heterocycles. The van der Waals surface area contributed by atoms with Crippen molar-refractivity contribution in [3.8, 4) is 0 Å². The van der Waals surface area contributed by atoms with Gasteiger partial charge in [-0.25, -0.2) is 0 Å². The van der Waals surface area contributed by atoms with Crippen LogP contribution in [-0.4, -0.2) is 26.3 Å². The average molecular weight is 325 g/mol. The van der Waals surface area contributed by atoms with Crippen molar-refractivity contribution < 1.29 is 4.74 Å². The van der Waals surface area contributed by atoms with Crippen molar-refractivity contribution >= 4 is 33.4 Å². The van der Waals surface area contributed by atoms with E-state index in [9.17, 15) is 0 Å². The molecule has 0 bridgehead atoms. The largest absolute Gasteiger partial charge is 0.378 e. The number of para-hydroxylation sites is 1. The molecule has 0 saturated carbocycles. The molecule has 1 fully saturated rings. The van der Waals surface area contributed by atoms with Crippen LogP contribution in [0.15, 0.2) is 35.7 Å². The highest BCUT2D eigenvalue weighted by molar-refractivity contribution is 9.13. The van der Waals surface area contributed by atoms with Crippen LogP contribution in [0.25, 0.3) is 0 Å². The van der Waals surface area contributed by atoms with E-state index in [-0.39, 0.29) is 0 Å². The first-order chi connectivity index (χ1) is 8.86. The Balaban J connectivity index is 1.91. The molecule has 2 nitrogen and oxygen atoms in total. The first kappa shape index (κ1) is 12.6. The fourth-order valence-corrected chi connectivity index (χ4v) is 3.84. The van der Waals surface area contributed by atoms with Crippen molar-refractivity contribution in [2.45, 2.75) is 5.92 Å². The summed E-state index contributed by atoms with van der Waals surface area (Å²) in [7, 11) is 0. The molecule has 0 spiro atoms. The number of anilines is 1. The first-order valence-corrected chi connectivity index (χ1v) is 7.81. The minimum atomic E-state index is 0.383. The van der Waals surface area contributed by atoms with Crippen LogP contribution >= 0.6 is 27.7 Å². The summed E-state index contributed by atoms with van der Waals surface area (Å²) in [4.78, 5) is 2.43. The Kier molecular flexibility index (Phi) is 3.97. The zero-order chi connectivity index (χ0) is 12.4. The molecule has 1 aromatic carbocycles. The fraction of sp³-hybridized carbons (Fsp3) is 0.357. The molecule has 18 heavy (non-hydrogen) atoms. The number of hydrogen-bond donors (Lipinski definition) is 0. The van der Waals surface area contributed by atoms with Crippen LogP contribution in [0.4, 0.5) is 5.69 Å². The number of rotatable bonds is 2. The van der Waals surface area contributed by atoms with Gasteiger partial charge in [0.05, 0.1) is 13.2 Å². The molecule has 2 heterocycles. The normalized spacial score (nSPS) is 24.7. The maximum Gasteiger partial charge on any atom is 0.111 e. The van der Waals surface area contributed by atoms with Gasteiger partial charge in [-0.2, -0.15) is 0 Å². The summed E-state index contributed by atoms with van der Waals surface area (Å²) in [6, 6.07) is 8.69. The van der Waals surface area contributed by atoms with Gasteiger partial charge >= 0.3 is 0 Å². The standard InChI is InChI=1S/C14H15BrNOS/c15-14-12(5-10-18-14)11-3-1-2-4-13(11)16-6-8-17-9-7-16/h1-5,10,12H,6-9H2. The lowest BCUT2D eigenvalue weighted by Gasteiger charge is -2.32. The van der Waals surface area contributed by atoms with Crippen LogP contribution < -0.4 is 4.90 Å². The molecule has 0 N–H and O–H groups in total.